The standard InChI is InChI=1S/C20H18O4S/c1-20(2)23-18(21)17(19(22)24-20)12-13-4-6-14(7-5-13)15-8-10-16(25-3)11-9-15/h4-12H,1-3H3. The summed E-state index contributed by atoms with van der Waals surface area (Å²) in [6.45, 7) is 3.05. The summed E-state index contributed by atoms with van der Waals surface area (Å²) in [5.41, 5.74) is 2.80. The topological polar surface area (TPSA) is 52.6 Å². The lowest BCUT2D eigenvalue weighted by Gasteiger charge is -2.29. The molecule has 0 aromatic heterocycles. The quantitative estimate of drug-likeness (QED) is 0.356. The van der Waals surface area contributed by atoms with Gasteiger partial charge in [0.25, 0.3) is 5.79 Å². The number of thioether (sulfide) groups is 1. The summed E-state index contributed by atoms with van der Waals surface area (Å²) in [5, 5.41) is 0. The first-order valence-corrected chi connectivity index (χ1v) is 9.03. The minimum absolute atomic E-state index is 0.101. The monoisotopic (exact) mass is 354 g/mol. The summed E-state index contributed by atoms with van der Waals surface area (Å²) in [6, 6.07) is 15.9. The molecule has 25 heavy (non-hydrogen) atoms. The minimum atomic E-state index is -1.22. The van der Waals surface area contributed by atoms with Gasteiger partial charge in [0.2, 0.25) is 0 Å². The summed E-state index contributed by atoms with van der Waals surface area (Å²) in [5.74, 6) is -2.56. The third kappa shape index (κ3) is 3.94. The van der Waals surface area contributed by atoms with Crippen molar-refractivity contribution in [3.8, 4) is 11.1 Å². The van der Waals surface area contributed by atoms with Crippen molar-refractivity contribution in [3.63, 3.8) is 0 Å². The second-order valence-corrected chi connectivity index (χ2v) is 6.97. The Morgan fingerprint density at radius 3 is 1.80 bits per heavy atom. The molecule has 0 bridgehead atoms. The van der Waals surface area contributed by atoms with Gasteiger partial charge in [-0.2, -0.15) is 0 Å². The summed E-state index contributed by atoms with van der Waals surface area (Å²) in [4.78, 5) is 25.2. The molecule has 3 rings (SSSR count). The Morgan fingerprint density at radius 2 is 1.32 bits per heavy atom. The molecule has 1 saturated heterocycles. The van der Waals surface area contributed by atoms with E-state index in [4.69, 9.17) is 9.47 Å². The van der Waals surface area contributed by atoms with Crippen LogP contribution < -0.4 is 0 Å². The van der Waals surface area contributed by atoms with Gasteiger partial charge in [-0.3, -0.25) is 0 Å². The number of hydrogen-bond donors (Lipinski definition) is 0. The molecule has 1 aliphatic heterocycles. The molecule has 0 amide bonds. The lowest BCUT2D eigenvalue weighted by Crippen LogP contribution is -2.41. The number of benzene rings is 2. The average Bonchev–Trinajstić information content (AvgIpc) is 2.58. The highest BCUT2D eigenvalue weighted by Gasteiger charge is 2.38. The van der Waals surface area contributed by atoms with Crippen LogP contribution in [-0.2, 0) is 19.1 Å². The predicted molar refractivity (Wildman–Crippen MR) is 97.9 cm³/mol. The van der Waals surface area contributed by atoms with Gasteiger partial charge in [-0.05, 0) is 41.2 Å². The molecule has 0 unspecified atom stereocenters. The van der Waals surface area contributed by atoms with Crippen molar-refractivity contribution in [2.45, 2.75) is 24.5 Å². The maximum Gasteiger partial charge on any atom is 0.348 e. The van der Waals surface area contributed by atoms with Gasteiger partial charge in [0.1, 0.15) is 5.57 Å². The number of rotatable bonds is 3. The van der Waals surface area contributed by atoms with Crippen LogP contribution in [0, 0.1) is 0 Å². The van der Waals surface area contributed by atoms with Crippen molar-refractivity contribution in [3.05, 3.63) is 59.7 Å². The zero-order valence-corrected chi connectivity index (χ0v) is 15.1. The average molecular weight is 354 g/mol. The fourth-order valence-corrected chi connectivity index (χ4v) is 2.91. The fourth-order valence-electron chi connectivity index (χ4n) is 2.50. The second-order valence-electron chi connectivity index (χ2n) is 6.09. The Hall–Kier alpha value is -2.53. The van der Waals surface area contributed by atoms with Gasteiger partial charge < -0.3 is 9.47 Å². The molecule has 1 heterocycles. The predicted octanol–water partition coefficient (Wildman–Crippen LogP) is 4.30. The third-order valence-electron chi connectivity index (χ3n) is 3.76. The summed E-state index contributed by atoms with van der Waals surface area (Å²) in [7, 11) is 0. The van der Waals surface area contributed by atoms with Crippen LogP contribution in [0.25, 0.3) is 17.2 Å². The second kappa shape index (κ2) is 6.76. The van der Waals surface area contributed by atoms with E-state index in [-0.39, 0.29) is 5.57 Å². The molecule has 1 fully saturated rings. The van der Waals surface area contributed by atoms with E-state index in [1.54, 1.807) is 11.8 Å². The van der Waals surface area contributed by atoms with Gasteiger partial charge in [0, 0.05) is 18.7 Å². The normalized spacial score (nSPS) is 16.2. The van der Waals surface area contributed by atoms with Crippen molar-refractivity contribution < 1.29 is 19.1 Å². The van der Waals surface area contributed by atoms with Crippen molar-refractivity contribution in [2.75, 3.05) is 6.26 Å². The molecule has 2 aromatic carbocycles. The zero-order valence-electron chi connectivity index (χ0n) is 14.2. The van der Waals surface area contributed by atoms with Crippen LogP contribution in [0.15, 0.2) is 59.0 Å². The Labute approximate surface area is 150 Å². The van der Waals surface area contributed by atoms with Gasteiger partial charge in [-0.1, -0.05) is 36.4 Å². The molecule has 0 aliphatic carbocycles. The first-order chi connectivity index (χ1) is 11.9. The zero-order chi connectivity index (χ0) is 18.0. The number of cyclic esters (lactones) is 2. The molecule has 0 radical (unpaired) electrons. The van der Waals surface area contributed by atoms with Crippen molar-refractivity contribution in [1.82, 2.24) is 0 Å². The smallest absolute Gasteiger partial charge is 0.348 e. The Kier molecular flexibility index (Phi) is 4.68. The molecule has 4 nitrogen and oxygen atoms in total. The van der Waals surface area contributed by atoms with Crippen molar-refractivity contribution >= 4 is 29.8 Å². The molecule has 0 N–H and O–H groups in total. The van der Waals surface area contributed by atoms with Crippen LogP contribution in [0.1, 0.15) is 19.4 Å². The van der Waals surface area contributed by atoms with E-state index in [1.165, 1.54) is 24.8 Å². The van der Waals surface area contributed by atoms with Gasteiger partial charge in [0.05, 0.1) is 0 Å². The van der Waals surface area contributed by atoms with Crippen molar-refractivity contribution in [2.24, 2.45) is 0 Å². The third-order valence-corrected chi connectivity index (χ3v) is 4.51. The van der Waals surface area contributed by atoms with E-state index < -0.39 is 17.7 Å². The van der Waals surface area contributed by atoms with Crippen LogP contribution in [0.5, 0.6) is 0 Å². The highest BCUT2D eigenvalue weighted by atomic mass is 32.2. The Balaban J connectivity index is 1.82. The lowest BCUT2D eigenvalue weighted by molar-refractivity contribution is -0.222. The number of esters is 2. The minimum Gasteiger partial charge on any atom is -0.419 e. The molecule has 5 heteroatoms. The van der Waals surface area contributed by atoms with E-state index in [1.807, 2.05) is 30.5 Å². The SMILES string of the molecule is CSc1ccc(-c2ccc(C=C3C(=O)OC(C)(C)OC3=O)cc2)cc1. The Bertz CT molecular complexity index is 811. The van der Waals surface area contributed by atoms with Gasteiger partial charge in [0.15, 0.2) is 0 Å². The first kappa shape index (κ1) is 17.3. The largest absolute Gasteiger partial charge is 0.419 e. The van der Waals surface area contributed by atoms with Gasteiger partial charge >= 0.3 is 11.9 Å². The molecular formula is C20H18O4S. The molecule has 128 valence electrons. The lowest BCUT2D eigenvalue weighted by atomic mass is 10.0. The molecule has 0 atom stereocenters. The van der Waals surface area contributed by atoms with Crippen LogP contribution in [0.3, 0.4) is 0 Å². The Morgan fingerprint density at radius 1 is 0.840 bits per heavy atom. The van der Waals surface area contributed by atoms with Crippen LogP contribution in [-0.4, -0.2) is 24.0 Å². The molecule has 2 aromatic rings. The molecule has 0 spiro atoms. The first-order valence-electron chi connectivity index (χ1n) is 7.81. The molecular weight excluding hydrogens is 336 g/mol. The summed E-state index contributed by atoms with van der Waals surface area (Å²) < 4.78 is 10.2. The van der Waals surface area contributed by atoms with E-state index in [0.29, 0.717) is 0 Å². The number of carbonyl (C=O) groups excluding carboxylic acids is 2. The summed E-state index contributed by atoms with van der Waals surface area (Å²) in [6.07, 6.45) is 3.53. The van der Waals surface area contributed by atoms with E-state index in [9.17, 15) is 9.59 Å². The highest BCUT2D eigenvalue weighted by Crippen LogP contribution is 2.26. The van der Waals surface area contributed by atoms with Gasteiger partial charge in [-0.25, -0.2) is 9.59 Å². The maximum absolute atomic E-state index is 12.0. The van der Waals surface area contributed by atoms with Crippen molar-refractivity contribution in [1.29, 1.82) is 0 Å². The van der Waals surface area contributed by atoms with E-state index >= 15 is 0 Å². The number of ether oxygens (including phenoxy) is 2. The van der Waals surface area contributed by atoms with Crippen LogP contribution in [0.4, 0.5) is 0 Å². The maximum atomic E-state index is 12.0. The van der Waals surface area contributed by atoms with Crippen LogP contribution >= 0.6 is 11.8 Å². The van der Waals surface area contributed by atoms with E-state index in [2.05, 4.69) is 24.3 Å². The van der Waals surface area contributed by atoms with Gasteiger partial charge in [-0.15, -0.1) is 11.8 Å². The highest BCUT2D eigenvalue weighted by molar-refractivity contribution is 7.98. The molecule has 0 saturated carbocycles. The van der Waals surface area contributed by atoms with E-state index in [0.717, 1.165) is 16.7 Å². The molecule has 1 aliphatic rings. The number of carbonyl (C=O) groups is 2. The van der Waals surface area contributed by atoms with Crippen LogP contribution in [0.2, 0.25) is 0 Å². The summed E-state index contributed by atoms with van der Waals surface area (Å²) >= 11 is 1.70. The number of hydrogen-bond acceptors (Lipinski definition) is 5. The fraction of sp³-hybridized carbons (Fsp3) is 0.200.